The minimum atomic E-state index is -0.917. The number of rotatable bonds is 3. The van der Waals surface area contributed by atoms with E-state index in [1.807, 2.05) is 18.9 Å². The molecule has 43 heavy (non-hydrogen) atoms. The van der Waals surface area contributed by atoms with Gasteiger partial charge in [-0.3, -0.25) is 14.5 Å². The van der Waals surface area contributed by atoms with Gasteiger partial charge in [-0.05, 0) is 57.6 Å². The fourth-order valence-electron chi connectivity index (χ4n) is 7.18. The molecule has 2 saturated heterocycles. The number of benzene rings is 2. The predicted octanol–water partition coefficient (Wildman–Crippen LogP) is 4.33. The van der Waals surface area contributed by atoms with E-state index >= 15 is 4.39 Å². The van der Waals surface area contributed by atoms with Gasteiger partial charge in [0.1, 0.15) is 34.9 Å². The molecule has 0 spiro atoms. The summed E-state index contributed by atoms with van der Waals surface area (Å²) in [6, 6.07) is 4.17. The highest BCUT2D eigenvalue weighted by molar-refractivity contribution is 6.35. The van der Waals surface area contributed by atoms with Crippen LogP contribution in [0.1, 0.15) is 19.8 Å². The van der Waals surface area contributed by atoms with Crippen molar-refractivity contribution in [3.8, 4) is 22.8 Å². The molecule has 1 N–H and O–H groups in total. The summed E-state index contributed by atoms with van der Waals surface area (Å²) in [6.07, 6.45) is 2.66. The average Bonchev–Trinajstić information content (AvgIpc) is 3.41. The van der Waals surface area contributed by atoms with Gasteiger partial charge in [0, 0.05) is 29.6 Å². The van der Waals surface area contributed by atoms with E-state index in [0.29, 0.717) is 16.8 Å². The van der Waals surface area contributed by atoms with Crippen molar-refractivity contribution in [1.82, 2.24) is 14.8 Å². The van der Waals surface area contributed by atoms with E-state index in [0.717, 1.165) is 25.5 Å². The number of pyridine rings is 1. The monoisotopic (exact) mass is 609 g/mol. The zero-order valence-electron chi connectivity index (χ0n) is 23.7. The Morgan fingerprint density at radius 3 is 2.70 bits per heavy atom. The summed E-state index contributed by atoms with van der Waals surface area (Å²) in [7, 11) is 2.01. The first kappa shape index (κ1) is 27.8. The number of likely N-dealkylation sites (tertiary alicyclic amines) is 1. The SMILES string of the molecule is C=CC(=O)N1C[C@@H]2C(=O)N3C[C@@H]([C@@H]4CCCN4C)Oc4nc5c(F)c(-c6c(O)cccc6F)c(Cl)cc5c(c43)N2C[C@H]1C. The van der Waals surface area contributed by atoms with Crippen LogP contribution in [-0.2, 0) is 9.59 Å². The predicted molar refractivity (Wildman–Crippen MR) is 159 cm³/mol. The van der Waals surface area contributed by atoms with Crippen LogP contribution in [-0.4, -0.2) is 89.2 Å². The fraction of sp³-hybridized carbons (Fsp3) is 0.387. The highest BCUT2D eigenvalue weighted by atomic mass is 35.5. The van der Waals surface area contributed by atoms with Crippen LogP contribution in [0.25, 0.3) is 22.0 Å². The van der Waals surface area contributed by atoms with Crippen molar-refractivity contribution in [1.29, 1.82) is 0 Å². The van der Waals surface area contributed by atoms with Gasteiger partial charge in [0.15, 0.2) is 5.82 Å². The Kier molecular flexibility index (Phi) is 6.51. The summed E-state index contributed by atoms with van der Waals surface area (Å²) in [5.74, 6) is -2.59. The second-order valence-electron chi connectivity index (χ2n) is 11.7. The van der Waals surface area contributed by atoms with E-state index in [4.69, 9.17) is 16.3 Å². The topological polar surface area (TPSA) is 89.5 Å². The molecule has 0 saturated carbocycles. The lowest BCUT2D eigenvalue weighted by atomic mass is 9.94. The van der Waals surface area contributed by atoms with E-state index in [2.05, 4.69) is 16.5 Å². The van der Waals surface area contributed by atoms with Gasteiger partial charge in [-0.15, -0.1) is 0 Å². The summed E-state index contributed by atoms with van der Waals surface area (Å²) in [5.41, 5.74) is 0.138. The van der Waals surface area contributed by atoms with Gasteiger partial charge < -0.3 is 24.5 Å². The standard InChI is InChI=1S/C31H30ClF2N5O4/c1-4-23(41)37-13-20-31(42)39-14-22(19-8-6-10-36(19)3)43-30-29(39)28(38(20)12-15(37)2)16-11-17(32)24(26(34)27(16)35-30)25-18(33)7-5-9-21(25)40/h4-5,7,9,11,15,19-20,22,40H,1,6,8,10,12-14H2,2-3H3/t15-,19+,20-,22+/m1/s1. The van der Waals surface area contributed by atoms with Crippen LogP contribution in [0.5, 0.6) is 11.6 Å². The van der Waals surface area contributed by atoms with Crippen LogP contribution in [0.15, 0.2) is 36.9 Å². The van der Waals surface area contributed by atoms with Gasteiger partial charge in [-0.1, -0.05) is 24.2 Å². The number of likely N-dealkylation sites (N-methyl/N-ethyl adjacent to an activating group) is 1. The molecule has 12 heteroatoms. The molecule has 5 heterocycles. The molecular formula is C31H30ClF2N5O4. The van der Waals surface area contributed by atoms with Crippen LogP contribution >= 0.6 is 11.6 Å². The zero-order valence-corrected chi connectivity index (χ0v) is 24.4. The number of aromatic hydroxyl groups is 1. The van der Waals surface area contributed by atoms with Crippen LogP contribution < -0.4 is 14.5 Å². The summed E-state index contributed by atoms with van der Waals surface area (Å²) < 4.78 is 38.0. The summed E-state index contributed by atoms with van der Waals surface area (Å²) in [5, 5.41) is 10.7. The second-order valence-corrected chi connectivity index (χ2v) is 12.1. The smallest absolute Gasteiger partial charge is 0.251 e. The van der Waals surface area contributed by atoms with Crippen LogP contribution in [0.2, 0.25) is 5.02 Å². The Morgan fingerprint density at radius 2 is 2.00 bits per heavy atom. The van der Waals surface area contributed by atoms with E-state index in [9.17, 15) is 19.1 Å². The van der Waals surface area contributed by atoms with Crippen molar-refractivity contribution in [2.24, 2.45) is 0 Å². The molecule has 2 aromatic carbocycles. The maximum Gasteiger partial charge on any atom is 0.251 e. The van der Waals surface area contributed by atoms with Crippen molar-refractivity contribution >= 4 is 45.7 Å². The molecule has 2 fully saturated rings. The average molecular weight is 610 g/mol. The highest BCUT2D eigenvalue weighted by Gasteiger charge is 2.50. The van der Waals surface area contributed by atoms with E-state index in [1.54, 1.807) is 9.80 Å². The number of piperazine rings is 1. The van der Waals surface area contributed by atoms with E-state index in [-0.39, 0.29) is 71.1 Å². The van der Waals surface area contributed by atoms with Gasteiger partial charge >= 0.3 is 0 Å². The molecule has 7 rings (SSSR count). The maximum absolute atomic E-state index is 16.6. The molecule has 4 aliphatic heterocycles. The Bertz CT molecular complexity index is 1700. The third kappa shape index (κ3) is 4.08. The first-order chi connectivity index (χ1) is 20.6. The lowest BCUT2D eigenvalue weighted by Crippen LogP contribution is -2.67. The van der Waals surface area contributed by atoms with Crippen molar-refractivity contribution in [3.05, 3.63) is 53.6 Å². The lowest BCUT2D eigenvalue weighted by molar-refractivity contribution is -0.131. The number of ether oxygens (including phenoxy) is 1. The van der Waals surface area contributed by atoms with Gasteiger partial charge in [-0.2, -0.15) is 0 Å². The van der Waals surface area contributed by atoms with Gasteiger partial charge in [-0.25, -0.2) is 13.8 Å². The van der Waals surface area contributed by atoms with E-state index in [1.165, 1.54) is 24.3 Å². The molecular weight excluding hydrogens is 580 g/mol. The van der Waals surface area contributed by atoms with Crippen molar-refractivity contribution in [2.75, 3.05) is 43.0 Å². The van der Waals surface area contributed by atoms with Crippen LogP contribution in [0.3, 0.4) is 0 Å². The number of carbonyl (C=O) groups is 2. The Morgan fingerprint density at radius 1 is 1.21 bits per heavy atom. The Labute approximate surface area is 251 Å². The molecule has 4 aliphatic rings. The van der Waals surface area contributed by atoms with Crippen LogP contribution in [0, 0.1) is 11.6 Å². The first-order valence-corrected chi connectivity index (χ1v) is 14.7. The quantitative estimate of drug-likeness (QED) is 0.442. The fourth-order valence-corrected chi connectivity index (χ4v) is 7.47. The Hall–Kier alpha value is -3.96. The number of nitrogens with zero attached hydrogens (tertiary/aromatic N) is 5. The minimum Gasteiger partial charge on any atom is -0.507 e. The molecule has 0 unspecified atom stereocenters. The third-order valence-corrected chi connectivity index (χ3v) is 9.56. The highest BCUT2D eigenvalue weighted by Crippen LogP contribution is 2.52. The number of hydrogen-bond donors (Lipinski definition) is 1. The molecule has 0 bridgehead atoms. The summed E-state index contributed by atoms with van der Waals surface area (Å²) in [6.45, 7) is 7.04. The molecule has 1 aromatic heterocycles. The molecule has 224 valence electrons. The number of amides is 2. The third-order valence-electron chi connectivity index (χ3n) is 9.27. The number of aromatic nitrogens is 1. The molecule has 9 nitrogen and oxygen atoms in total. The summed E-state index contributed by atoms with van der Waals surface area (Å²) >= 11 is 6.65. The number of carbonyl (C=O) groups excluding carboxylic acids is 2. The lowest BCUT2D eigenvalue weighted by Gasteiger charge is -2.52. The second kappa shape index (κ2) is 10.1. The number of hydrogen-bond acceptors (Lipinski definition) is 7. The molecule has 2 amide bonds. The Balaban J connectivity index is 1.48. The first-order valence-electron chi connectivity index (χ1n) is 14.3. The van der Waals surface area contributed by atoms with Crippen molar-refractivity contribution < 1.29 is 28.2 Å². The van der Waals surface area contributed by atoms with Crippen LogP contribution in [0.4, 0.5) is 20.2 Å². The van der Waals surface area contributed by atoms with Crippen molar-refractivity contribution in [3.63, 3.8) is 0 Å². The maximum atomic E-state index is 16.6. The van der Waals surface area contributed by atoms with Gasteiger partial charge in [0.25, 0.3) is 5.91 Å². The number of anilines is 2. The van der Waals surface area contributed by atoms with E-state index < -0.39 is 29.5 Å². The molecule has 4 atom stereocenters. The van der Waals surface area contributed by atoms with Crippen molar-refractivity contribution in [2.45, 2.75) is 44.0 Å². The number of phenolic OH excluding ortho intramolecular Hbond substituents is 1. The van der Waals surface area contributed by atoms with Gasteiger partial charge in [0.05, 0.1) is 29.4 Å². The number of phenols is 1. The number of halogens is 3. The zero-order chi connectivity index (χ0) is 30.3. The largest absolute Gasteiger partial charge is 0.507 e. The molecule has 0 radical (unpaired) electrons. The minimum absolute atomic E-state index is 0.0196. The molecule has 0 aliphatic carbocycles. The molecule has 3 aromatic rings. The summed E-state index contributed by atoms with van der Waals surface area (Å²) in [4.78, 5) is 38.9. The van der Waals surface area contributed by atoms with Gasteiger partial charge in [0.2, 0.25) is 11.8 Å². The number of fused-ring (bicyclic) bond motifs is 4. The normalized spacial score (nSPS) is 25.0.